The maximum atomic E-state index is 10.8. The van der Waals surface area contributed by atoms with Crippen LogP contribution in [-0.2, 0) is 11.3 Å². The molecule has 0 radical (unpaired) electrons. The van der Waals surface area contributed by atoms with Crippen LogP contribution in [0.4, 0.5) is 0 Å². The van der Waals surface area contributed by atoms with E-state index in [1.807, 2.05) is 6.92 Å². The molecule has 1 amide bonds. The molecular formula is C6H10N4O. The van der Waals surface area contributed by atoms with Crippen molar-refractivity contribution in [1.29, 1.82) is 0 Å². The SMILES string of the molecule is CNC(=O)Cn1nncc1C. The van der Waals surface area contributed by atoms with Crippen LogP contribution in [0, 0.1) is 6.92 Å². The van der Waals surface area contributed by atoms with E-state index in [0.717, 1.165) is 5.69 Å². The van der Waals surface area contributed by atoms with Gasteiger partial charge in [-0.2, -0.15) is 0 Å². The number of aryl methyl sites for hydroxylation is 1. The normalized spacial score (nSPS) is 9.64. The number of amides is 1. The lowest BCUT2D eigenvalue weighted by molar-refractivity contribution is -0.121. The summed E-state index contributed by atoms with van der Waals surface area (Å²) in [7, 11) is 1.59. The van der Waals surface area contributed by atoms with Gasteiger partial charge >= 0.3 is 0 Å². The topological polar surface area (TPSA) is 59.8 Å². The van der Waals surface area contributed by atoms with E-state index >= 15 is 0 Å². The van der Waals surface area contributed by atoms with Crippen molar-refractivity contribution >= 4 is 5.91 Å². The molecule has 0 bridgehead atoms. The Labute approximate surface area is 64.4 Å². The van der Waals surface area contributed by atoms with Gasteiger partial charge in [-0.15, -0.1) is 5.10 Å². The van der Waals surface area contributed by atoms with Gasteiger partial charge in [-0.25, -0.2) is 4.68 Å². The maximum absolute atomic E-state index is 10.8. The van der Waals surface area contributed by atoms with Gasteiger partial charge in [0.15, 0.2) is 0 Å². The molecule has 0 saturated heterocycles. The number of nitrogens with one attached hydrogen (secondary N) is 1. The van der Waals surface area contributed by atoms with E-state index in [0.29, 0.717) is 0 Å². The number of rotatable bonds is 2. The molecule has 1 heterocycles. The lowest BCUT2D eigenvalue weighted by Gasteiger charge is -1.99. The van der Waals surface area contributed by atoms with Crippen LogP contribution in [0.2, 0.25) is 0 Å². The van der Waals surface area contributed by atoms with Gasteiger partial charge in [0.2, 0.25) is 5.91 Å². The van der Waals surface area contributed by atoms with Gasteiger partial charge in [0.1, 0.15) is 6.54 Å². The number of hydrogen-bond acceptors (Lipinski definition) is 3. The minimum absolute atomic E-state index is 0.0707. The molecule has 1 rings (SSSR count). The van der Waals surface area contributed by atoms with E-state index in [-0.39, 0.29) is 12.5 Å². The molecule has 0 aliphatic heterocycles. The van der Waals surface area contributed by atoms with Crippen LogP contribution >= 0.6 is 0 Å². The van der Waals surface area contributed by atoms with Gasteiger partial charge in [-0.05, 0) is 6.92 Å². The average molecular weight is 154 g/mol. The van der Waals surface area contributed by atoms with Crippen molar-refractivity contribution in [3.8, 4) is 0 Å². The first-order chi connectivity index (χ1) is 5.24. The number of carbonyl (C=O) groups excluding carboxylic acids is 1. The Kier molecular flexibility index (Phi) is 2.20. The molecule has 0 aromatic carbocycles. The molecule has 0 aliphatic carbocycles. The highest BCUT2D eigenvalue weighted by Crippen LogP contribution is 1.91. The van der Waals surface area contributed by atoms with Crippen molar-refractivity contribution in [2.75, 3.05) is 7.05 Å². The molecule has 1 aromatic rings. The van der Waals surface area contributed by atoms with Crippen LogP contribution in [0.3, 0.4) is 0 Å². The molecule has 0 aliphatic rings. The Morgan fingerprint density at radius 3 is 3.00 bits per heavy atom. The lowest BCUT2D eigenvalue weighted by atomic mass is 10.5. The Morgan fingerprint density at radius 2 is 2.55 bits per heavy atom. The molecule has 0 spiro atoms. The first-order valence-electron chi connectivity index (χ1n) is 3.29. The molecule has 0 saturated carbocycles. The van der Waals surface area contributed by atoms with Crippen molar-refractivity contribution in [3.05, 3.63) is 11.9 Å². The Balaban J connectivity index is 2.64. The predicted molar refractivity (Wildman–Crippen MR) is 38.8 cm³/mol. The molecule has 1 N–H and O–H groups in total. The van der Waals surface area contributed by atoms with Crippen LogP contribution in [-0.4, -0.2) is 27.9 Å². The van der Waals surface area contributed by atoms with Crippen LogP contribution in [0.25, 0.3) is 0 Å². The van der Waals surface area contributed by atoms with Gasteiger partial charge in [-0.3, -0.25) is 4.79 Å². The zero-order valence-corrected chi connectivity index (χ0v) is 6.53. The molecule has 0 unspecified atom stereocenters. The third-order valence-electron chi connectivity index (χ3n) is 1.38. The van der Waals surface area contributed by atoms with Crippen LogP contribution in [0.15, 0.2) is 6.20 Å². The van der Waals surface area contributed by atoms with E-state index in [2.05, 4.69) is 15.6 Å². The highest BCUT2D eigenvalue weighted by molar-refractivity contribution is 5.75. The van der Waals surface area contributed by atoms with Crippen molar-refractivity contribution in [3.63, 3.8) is 0 Å². The van der Waals surface area contributed by atoms with Gasteiger partial charge in [0.05, 0.1) is 11.9 Å². The summed E-state index contributed by atoms with van der Waals surface area (Å²) in [5.41, 5.74) is 0.883. The number of hydrogen-bond donors (Lipinski definition) is 1. The summed E-state index contributed by atoms with van der Waals surface area (Å²) in [5.74, 6) is -0.0707. The minimum atomic E-state index is -0.0707. The summed E-state index contributed by atoms with van der Waals surface area (Å²) in [4.78, 5) is 10.8. The van der Waals surface area contributed by atoms with Gasteiger partial charge < -0.3 is 5.32 Å². The van der Waals surface area contributed by atoms with E-state index in [1.54, 1.807) is 17.9 Å². The van der Waals surface area contributed by atoms with Crippen molar-refractivity contribution in [2.24, 2.45) is 0 Å². The van der Waals surface area contributed by atoms with Crippen molar-refractivity contribution in [2.45, 2.75) is 13.5 Å². The fourth-order valence-electron chi connectivity index (χ4n) is 0.680. The molecule has 0 atom stereocenters. The van der Waals surface area contributed by atoms with E-state index < -0.39 is 0 Å². The van der Waals surface area contributed by atoms with Crippen LogP contribution in [0.5, 0.6) is 0 Å². The zero-order chi connectivity index (χ0) is 8.27. The van der Waals surface area contributed by atoms with Gasteiger partial charge in [0, 0.05) is 7.05 Å². The zero-order valence-electron chi connectivity index (χ0n) is 6.53. The van der Waals surface area contributed by atoms with Crippen LogP contribution < -0.4 is 5.32 Å². The van der Waals surface area contributed by atoms with Crippen LogP contribution in [0.1, 0.15) is 5.69 Å². The lowest BCUT2D eigenvalue weighted by Crippen LogP contribution is -2.24. The Bertz CT molecular complexity index is 255. The predicted octanol–water partition coefficient (Wildman–Crippen LogP) is -0.667. The average Bonchev–Trinajstić information content (AvgIpc) is 2.37. The quantitative estimate of drug-likeness (QED) is 0.614. The number of aromatic nitrogens is 3. The fourth-order valence-corrected chi connectivity index (χ4v) is 0.680. The van der Waals surface area contributed by atoms with E-state index in [4.69, 9.17) is 0 Å². The molecule has 5 heteroatoms. The van der Waals surface area contributed by atoms with Crippen molar-refractivity contribution < 1.29 is 4.79 Å². The molecule has 11 heavy (non-hydrogen) atoms. The second-order valence-electron chi connectivity index (χ2n) is 2.21. The molecule has 1 aromatic heterocycles. The standard InChI is InChI=1S/C6H10N4O/c1-5-3-8-9-10(5)4-6(11)7-2/h3H,4H2,1-2H3,(H,7,11). The molecule has 0 fully saturated rings. The number of nitrogens with zero attached hydrogens (tertiary/aromatic N) is 3. The molecule has 60 valence electrons. The summed E-state index contributed by atoms with van der Waals surface area (Å²) in [6, 6.07) is 0. The summed E-state index contributed by atoms with van der Waals surface area (Å²) in [6.45, 7) is 2.09. The monoisotopic (exact) mass is 154 g/mol. The maximum Gasteiger partial charge on any atom is 0.241 e. The Hall–Kier alpha value is -1.39. The minimum Gasteiger partial charge on any atom is -0.358 e. The summed E-state index contributed by atoms with van der Waals surface area (Å²) in [6.07, 6.45) is 1.61. The number of carbonyl (C=O) groups is 1. The number of likely N-dealkylation sites (N-methyl/N-ethyl adjacent to an activating group) is 1. The Morgan fingerprint density at radius 1 is 1.82 bits per heavy atom. The smallest absolute Gasteiger partial charge is 0.241 e. The highest BCUT2D eigenvalue weighted by Gasteiger charge is 2.02. The van der Waals surface area contributed by atoms with Gasteiger partial charge in [-0.1, -0.05) is 5.21 Å². The largest absolute Gasteiger partial charge is 0.358 e. The van der Waals surface area contributed by atoms with E-state index in [9.17, 15) is 4.79 Å². The summed E-state index contributed by atoms with van der Waals surface area (Å²) in [5, 5.41) is 9.85. The third kappa shape index (κ3) is 1.76. The summed E-state index contributed by atoms with van der Waals surface area (Å²) >= 11 is 0. The highest BCUT2D eigenvalue weighted by atomic mass is 16.1. The first-order valence-corrected chi connectivity index (χ1v) is 3.29. The molecule has 5 nitrogen and oxygen atoms in total. The third-order valence-corrected chi connectivity index (χ3v) is 1.38. The summed E-state index contributed by atoms with van der Waals surface area (Å²) < 4.78 is 1.54. The van der Waals surface area contributed by atoms with E-state index in [1.165, 1.54) is 0 Å². The van der Waals surface area contributed by atoms with Crippen molar-refractivity contribution in [1.82, 2.24) is 20.3 Å². The molecular weight excluding hydrogens is 144 g/mol. The second kappa shape index (κ2) is 3.14. The van der Waals surface area contributed by atoms with Gasteiger partial charge in [0.25, 0.3) is 0 Å². The first kappa shape index (κ1) is 7.71. The second-order valence-corrected chi connectivity index (χ2v) is 2.21. The fraction of sp³-hybridized carbons (Fsp3) is 0.500.